The summed E-state index contributed by atoms with van der Waals surface area (Å²) in [7, 11) is 1.65. The third kappa shape index (κ3) is 2.99. The Balaban J connectivity index is 1.29. The second kappa shape index (κ2) is 7.18. The summed E-state index contributed by atoms with van der Waals surface area (Å²) in [4.78, 5) is 42.2. The fourth-order valence-electron chi connectivity index (χ4n) is 5.43. The third-order valence-electron chi connectivity index (χ3n) is 7.33. The van der Waals surface area contributed by atoms with E-state index in [0.717, 1.165) is 16.2 Å². The second-order valence-electron chi connectivity index (χ2n) is 9.27. The minimum atomic E-state index is -2.87. The number of amides is 2. The van der Waals surface area contributed by atoms with Crippen LogP contribution in [0.15, 0.2) is 30.6 Å². The second-order valence-corrected chi connectivity index (χ2v) is 9.27. The van der Waals surface area contributed by atoms with Crippen molar-refractivity contribution < 1.29 is 18.4 Å². The van der Waals surface area contributed by atoms with E-state index in [0.29, 0.717) is 42.9 Å². The number of anilines is 2. The molecular weight excluding hydrogens is 444 g/mol. The van der Waals surface area contributed by atoms with Crippen LogP contribution < -0.4 is 10.2 Å². The molecule has 1 aromatic carbocycles. The molecule has 1 spiro atoms. The molecule has 0 saturated carbocycles. The maximum absolute atomic E-state index is 13.6. The van der Waals surface area contributed by atoms with Gasteiger partial charge in [0.05, 0.1) is 12.0 Å². The van der Waals surface area contributed by atoms with Crippen LogP contribution in [-0.4, -0.2) is 68.3 Å². The van der Waals surface area contributed by atoms with Crippen molar-refractivity contribution >= 4 is 34.5 Å². The van der Waals surface area contributed by atoms with E-state index >= 15 is 0 Å². The van der Waals surface area contributed by atoms with Crippen LogP contribution in [0.5, 0.6) is 0 Å². The molecule has 1 N–H and O–H groups in total. The summed E-state index contributed by atoms with van der Waals surface area (Å²) in [5, 5.41) is 3.00. The van der Waals surface area contributed by atoms with E-state index in [9.17, 15) is 18.4 Å². The van der Waals surface area contributed by atoms with Crippen molar-refractivity contribution in [3.63, 3.8) is 0 Å². The molecular formula is C23H23F2N7O2. The van der Waals surface area contributed by atoms with Gasteiger partial charge in [0, 0.05) is 38.8 Å². The number of rotatable bonds is 2. The zero-order valence-corrected chi connectivity index (χ0v) is 18.6. The van der Waals surface area contributed by atoms with Gasteiger partial charge >= 0.3 is 0 Å². The van der Waals surface area contributed by atoms with Gasteiger partial charge in [-0.1, -0.05) is 18.2 Å². The molecule has 176 valence electrons. The Kier molecular flexibility index (Phi) is 4.42. The summed E-state index contributed by atoms with van der Waals surface area (Å²) in [5.41, 5.74) is 2.24. The summed E-state index contributed by atoms with van der Waals surface area (Å²) in [6.45, 7) is 0.536. The Morgan fingerprint density at radius 2 is 1.85 bits per heavy atom. The number of alkyl halides is 2. The van der Waals surface area contributed by atoms with Gasteiger partial charge in [-0.2, -0.15) is 0 Å². The van der Waals surface area contributed by atoms with Gasteiger partial charge in [0.1, 0.15) is 6.33 Å². The van der Waals surface area contributed by atoms with Crippen LogP contribution in [0.4, 0.5) is 20.3 Å². The van der Waals surface area contributed by atoms with Gasteiger partial charge in [0.25, 0.3) is 11.8 Å². The minimum Gasteiger partial charge on any atom is -0.355 e. The number of fused-ring (bicyclic) bond motifs is 3. The Morgan fingerprint density at radius 3 is 2.59 bits per heavy atom. The zero-order chi connectivity index (χ0) is 23.7. The van der Waals surface area contributed by atoms with Crippen LogP contribution in [0.2, 0.25) is 0 Å². The number of benzene rings is 1. The van der Waals surface area contributed by atoms with Crippen LogP contribution in [0.1, 0.15) is 35.4 Å². The van der Waals surface area contributed by atoms with Crippen molar-refractivity contribution in [1.29, 1.82) is 0 Å². The van der Waals surface area contributed by atoms with Crippen LogP contribution in [0.25, 0.3) is 11.2 Å². The number of aryl methyl sites for hydroxylation is 1. The number of halogens is 2. The van der Waals surface area contributed by atoms with E-state index in [1.54, 1.807) is 7.05 Å². The standard InChI is InChI=1S/C23H23F2N7O2/c1-30-17-16(29-19(30)20(33)32-11-8-23(24,25)12-32)18(27-13-26-17)31-9-6-22(7-10-31)14-4-2-3-5-15(14)28-21(22)34/h2-5,13H,6-12H2,1H3,(H,28,34). The first-order chi connectivity index (χ1) is 16.3. The van der Waals surface area contributed by atoms with Crippen molar-refractivity contribution in [3.05, 3.63) is 42.0 Å². The Labute approximate surface area is 193 Å². The lowest BCUT2D eigenvalue weighted by molar-refractivity contribution is -0.121. The maximum atomic E-state index is 13.6. The van der Waals surface area contributed by atoms with E-state index < -0.39 is 23.8 Å². The Hall–Kier alpha value is -3.63. The average molecular weight is 467 g/mol. The van der Waals surface area contributed by atoms with Crippen LogP contribution in [-0.2, 0) is 17.3 Å². The number of imidazole rings is 1. The molecule has 0 atom stereocenters. The highest BCUT2D eigenvalue weighted by atomic mass is 19.3. The van der Waals surface area contributed by atoms with Gasteiger partial charge in [-0.15, -0.1) is 0 Å². The van der Waals surface area contributed by atoms with Crippen molar-refractivity contribution in [2.45, 2.75) is 30.6 Å². The van der Waals surface area contributed by atoms with Crippen LogP contribution in [0.3, 0.4) is 0 Å². The number of para-hydroxylation sites is 1. The summed E-state index contributed by atoms with van der Waals surface area (Å²) < 4.78 is 28.8. The molecule has 34 heavy (non-hydrogen) atoms. The highest BCUT2D eigenvalue weighted by Crippen LogP contribution is 2.45. The monoisotopic (exact) mass is 467 g/mol. The van der Waals surface area contributed by atoms with E-state index in [1.165, 1.54) is 10.9 Å². The number of likely N-dealkylation sites (tertiary alicyclic amines) is 1. The zero-order valence-electron chi connectivity index (χ0n) is 18.6. The lowest BCUT2D eigenvalue weighted by Gasteiger charge is -2.38. The van der Waals surface area contributed by atoms with Crippen molar-refractivity contribution in [2.24, 2.45) is 7.05 Å². The van der Waals surface area contributed by atoms with E-state index in [2.05, 4.69) is 25.2 Å². The number of carbonyl (C=O) groups is 2. The van der Waals surface area contributed by atoms with Gasteiger partial charge in [-0.05, 0) is 24.5 Å². The SMILES string of the molecule is Cn1c(C(=O)N2CCC(F)(F)C2)nc2c(N3CCC4(CC3)C(=O)Nc3ccccc34)ncnc21. The normalized spacial score (nSPS) is 20.7. The van der Waals surface area contributed by atoms with E-state index in [4.69, 9.17) is 0 Å². The maximum Gasteiger partial charge on any atom is 0.290 e. The highest BCUT2D eigenvalue weighted by molar-refractivity contribution is 6.06. The summed E-state index contributed by atoms with van der Waals surface area (Å²) in [6.07, 6.45) is 2.30. The first-order valence-corrected chi connectivity index (χ1v) is 11.3. The molecule has 0 unspecified atom stereocenters. The minimum absolute atomic E-state index is 0.00861. The number of nitrogens with one attached hydrogen (secondary N) is 1. The molecule has 0 aliphatic carbocycles. The number of hydrogen-bond donors (Lipinski definition) is 1. The molecule has 3 aromatic rings. The molecule has 2 amide bonds. The molecule has 9 nitrogen and oxygen atoms in total. The molecule has 6 rings (SSSR count). The highest BCUT2D eigenvalue weighted by Gasteiger charge is 2.48. The lowest BCUT2D eigenvalue weighted by atomic mass is 9.73. The largest absolute Gasteiger partial charge is 0.355 e. The Morgan fingerprint density at radius 1 is 1.09 bits per heavy atom. The fraction of sp³-hybridized carbons (Fsp3) is 0.435. The van der Waals surface area contributed by atoms with Crippen molar-refractivity contribution in [2.75, 3.05) is 36.4 Å². The van der Waals surface area contributed by atoms with Gasteiger partial charge in [-0.3, -0.25) is 9.59 Å². The molecule has 0 radical (unpaired) electrons. The smallest absolute Gasteiger partial charge is 0.290 e. The van der Waals surface area contributed by atoms with Crippen molar-refractivity contribution in [3.8, 4) is 0 Å². The molecule has 11 heteroatoms. The predicted octanol–water partition coefficient (Wildman–Crippen LogP) is 2.33. The Bertz CT molecular complexity index is 1330. The molecule has 2 aromatic heterocycles. The predicted molar refractivity (Wildman–Crippen MR) is 120 cm³/mol. The number of nitrogens with zero attached hydrogens (tertiary/aromatic N) is 6. The molecule has 2 saturated heterocycles. The number of carbonyl (C=O) groups excluding carboxylic acids is 2. The topological polar surface area (TPSA) is 96.2 Å². The lowest BCUT2D eigenvalue weighted by Crippen LogP contribution is -2.46. The van der Waals surface area contributed by atoms with Gasteiger partial charge < -0.3 is 19.7 Å². The number of hydrogen-bond acceptors (Lipinski definition) is 6. The summed E-state index contributed by atoms with van der Waals surface area (Å²) >= 11 is 0. The molecule has 5 heterocycles. The van der Waals surface area contributed by atoms with Crippen LogP contribution >= 0.6 is 0 Å². The number of piperidine rings is 1. The van der Waals surface area contributed by atoms with Crippen molar-refractivity contribution in [1.82, 2.24) is 24.4 Å². The number of aromatic nitrogens is 4. The molecule has 0 bridgehead atoms. The third-order valence-corrected chi connectivity index (χ3v) is 7.33. The quantitative estimate of drug-likeness (QED) is 0.622. The van der Waals surface area contributed by atoms with E-state index in [1.807, 2.05) is 24.3 Å². The summed E-state index contributed by atoms with van der Waals surface area (Å²) in [6, 6.07) is 7.78. The van der Waals surface area contributed by atoms with Gasteiger partial charge in [-0.25, -0.2) is 23.7 Å². The molecule has 3 aliphatic heterocycles. The average Bonchev–Trinajstić information content (AvgIpc) is 3.46. The fourth-order valence-corrected chi connectivity index (χ4v) is 5.43. The van der Waals surface area contributed by atoms with Gasteiger partial charge in [0.2, 0.25) is 11.7 Å². The molecule has 2 fully saturated rings. The first-order valence-electron chi connectivity index (χ1n) is 11.3. The first kappa shape index (κ1) is 20.9. The summed E-state index contributed by atoms with van der Waals surface area (Å²) in [5.74, 6) is -2.75. The van der Waals surface area contributed by atoms with Gasteiger partial charge in [0.15, 0.2) is 17.0 Å². The van der Waals surface area contributed by atoms with E-state index in [-0.39, 0.29) is 24.7 Å². The molecule has 3 aliphatic rings. The van der Waals surface area contributed by atoms with Crippen LogP contribution in [0, 0.1) is 0 Å².